The summed E-state index contributed by atoms with van der Waals surface area (Å²) in [7, 11) is 1.61. The van der Waals surface area contributed by atoms with Crippen LogP contribution in [-0.4, -0.2) is 48.3 Å². The lowest BCUT2D eigenvalue weighted by atomic mass is 9.93. The molecule has 8 heteroatoms. The zero-order valence-electron chi connectivity index (χ0n) is 16.8. The van der Waals surface area contributed by atoms with E-state index in [1.54, 1.807) is 24.1 Å². The Morgan fingerprint density at radius 1 is 1.13 bits per heavy atom. The summed E-state index contributed by atoms with van der Waals surface area (Å²) in [6.07, 6.45) is 0.512. The Bertz CT molecular complexity index is 866. The SMILES string of the molecule is COc1ccc(CNC(=O)C2(N(Cc3ccc(Cl)cc3)C(=O)CCl)CCNC2)cc1. The smallest absolute Gasteiger partial charge is 0.247 e. The quantitative estimate of drug-likeness (QED) is 0.607. The standard InChI is InChI=1S/C22H25Cl2N3O3/c1-30-19-8-4-16(5-9-19)13-26-21(29)22(10-11-25-15-22)27(20(28)12-23)14-17-2-6-18(24)7-3-17/h2-9,25H,10-15H2,1H3,(H,26,29). The molecule has 1 unspecified atom stereocenters. The predicted octanol–water partition coefficient (Wildman–Crippen LogP) is 2.96. The Balaban J connectivity index is 1.80. The van der Waals surface area contributed by atoms with E-state index in [-0.39, 0.29) is 24.2 Å². The Labute approximate surface area is 186 Å². The topological polar surface area (TPSA) is 70.7 Å². The third kappa shape index (κ3) is 5.06. The molecule has 1 fully saturated rings. The molecule has 3 rings (SSSR count). The van der Waals surface area contributed by atoms with Gasteiger partial charge in [-0.15, -0.1) is 11.6 Å². The number of alkyl halides is 1. The van der Waals surface area contributed by atoms with E-state index >= 15 is 0 Å². The highest BCUT2D eigenvalue weighted by atomic mass is 35.5. The second kappa shape index (κ2) is 10.2. The van der Waals surface area contributed by atoms with Crippen molar-refractivity contribution in [3.05, 3.63) is 64.7 Å². The summed E-state index contributed by atoms with van der Waals surface area (Å²) in [6.45, 7) is 1.65. The van der Waals surface area contributed by atoms with E-state index in [0.717, 1.165) is 16.9 Å². The minimum atomic E-state index is -1.00. The summed E-state index contributed by atoms with van der Waals surface area (Å²) in [4.78, 5) is 27.7. The maximum absolute atomic E-state index is 13.3. The van der Waals surface area contributed by atoms with Gasteiger partial charge in [0.25, 0.3) is 0 Å². The summed E-state index contributed by atoms with van der Waals surface area (Å²) in [5, 5.41) is 6.84. The summed E-state index contributed by atoms with van der Waals surface area (Å²) in [5.74, 6) is 0.0789. The van der Waals surface area contributed by atoms with Crippen molar-refractivity contribution in [2.24, 2.45) is 0 Å². The van der Waals surface area contributed by atoms with Crippen LogP contribution in [0.25, 0.3) is 0 Å². The van der Waals surface area contributed by atoms with Crippen molar-refractivity contribution in [3.8, 4) is 5.75 Å². The molecule has 0 aliphatic carbocycles. The van der Waals surface area contributed by atoms with Crippen molar-refractivity contribution in [1.29, 1.82) is 0 Å². The number of methoxy groups -OCH3 is 1. The fraction of sp³-hybridized carbons (Fsp3) is 0.364. The largest absolute Gasteiger partial charge is 0.497 e. The van der Waals surface area contributed by atoms with Gasteiger partial charge in [-0.3, -0.25) is 9.59 Å². The molecule has 1 aliphatic heterocycles. The highest BCUT2D eigenvalue weighted by Gasteiger charge is 2.48. The van der Waals surface area contributed by atoms with Gasteiger partial charge in [0.05, 0.1) is 7.11 Å². The lowest BCUT2D eigenvalue weighted by Gasteiger charge is -2.39. The Kier molecular flexibility index (Phi) is 7.58. The van der Waals surface area contributed by atoms with Crippen LogP contribution in [0.15, 0.2) is 48.5 Å². The van der Waals surface area contributed by atoms with Crippen LogP contribution in [0.5, 0.6) is 5.75 Å². The molecule has 2 aromatic carbocycles. The Hall–Kier alpha value is -2.28. The van der Waals surface area contributed by atoms with Crippen molar-refractivity contribution in [2.75, 3.05) is 26.1 Å². The first-order valence-electron chi connectivity index (χ1n) is 9.71. The predicted molar refractivity (Wildman–Crippen MR) is 118 cm³/mol. The molecular weight excluding hydrogens is 425 g/mol. The van der Waals surface area contributed by atoms with E-state index in [1.165, 1.54) is 0 Å². The molecule has 6 nitrogen and oxygen atoms in total. The highest BCUT2D eigenvalue weighted by Crippen LogP contribution is 2.27. The van der Waals surface area contributed by atoms with Gasteiger partial charge in [-0.05, 0) is 48.4 Å². The minimum Gasteiger partial charge on any atom is -0.497 e. The summed E-state index contributed by atoms with van der Waals surface area (Å²) in [5.41, 5.74) is 0.822. The highest BCUT2D eigenvalue weighted by molar-refractivity contribution is 6.30. The molecule has 0 bridgehead atoms. The number of rotatable bonds is 8. The Morgan fingerprint density at radius 3 is 2.37 bits per heavy atom. The molecule has 0 spiro atoms. The summed E-state index contributed by atoms with van der Waals surface area (Å²) >= 11 is 11.9. The average molecular weight is 450 g/mol. The molecule has 0 saturated carbocycles. The van der Waals surface area contributed by atoms with Crippen LogP contribution in [0.4, 0.5) is 0 Å². The first-order valence-corrected chi connectivity index (χ1v) is 10.6. The first kappa shape index (κ1) is 22.4. The van der Waals surface area contributed by atoms with E-state index in [1.807, 2.05) is 36.4 Å². The number of amides is 2. The second-order valence-corrected chi connectivity index (χ2v) is 7.93. The first-order chi connectivity index (χ1) is 14.5. The molecule has 2 aromatic rings. The second-order valence-electron chi connectivity index (χ2n) is 7.23. The van der Waals surface area contributed by atoms with Gasteiger partial charge in [-0.25, -0.2) is 0 Å². The third-order valence-electron chi connectivity index (χ3n) is 5.35. The van der Waals surface area contributed by atoms with E-state index in [0.29, 0.717) is 31.1 Å². The molecule has 1 saturated heterocycles. The van der Waals surface area contributed by atoms with Gasteiger partial charge in [0.1, 0.15) is 17.2 Å². The maximum atomic E-state index is 13.3. The number of benzene rings is 2. The average Bonchev–Trinajstić information content (AvgIpc) is 3.28. The number of hydrogen-bond acceptors (Lipinski definition) is 4. The van der Waals surface area contributed by atoms with E-state index in [9.17, 15) is 9.59 Å². The molecule has 1 heterocycles. The number of carbonyl (C=O) groups excluding carboxylic acids is 2. The number of nitrogens with zero attached hydrogens (tertiary/aromatic N) is 1. The molecule has 2 N–H and O–H groups in total. The molecule has 0 aromatic heterocycles. The third-order valence-corrected chi connectivity index (χ3v) is 5.83. The van der Waals surface area contributed by atoms with Crippen molar-refractivity contribution in [3.63, 3.8) is 0 Å². The van der Waals surface area contributed by atoms with Gasteiger partial charge in [-0.2, -0.15) is 0 Å². The van der Waals surface area contributed by atoms with Gasteiger partial charge >= 0.3 is 0 Å². The van der Waals surface area contributed by atoms with Crippen LogP contribution in [0, 0.1) is 0 Å². The number of nitrogens with one attached hydrogen (secondary N) is 2. The molecule has 160 valence electrons. The number of hydrogen-bond donors (Lipinski definition) is 2. The molecule has 1 atom stereocenters. The van der Waals surface area contributed by atoms with Gasteiger partial charge < -0.3 is 20.3 Å². The molecule has 1 aliphatic rings. The molecule has 0 radical (unpaired) electrons. The van der Waals surface area contributed by atoms with Crippen LogP contribution in [0.2, 0.25) is 5.02 Å². The van der Waals surface area contributed by atoms with Crippen LogP contribution in [0.1, 0.15) is 17.5 Å². The van der Waals surface area contributed by atoms with Crippen molar-refractivity contribution < 1.29 is 14.3 Å². The van der Waals surface area contributed by atoms with Crippen LogP contribution >= 0.6 is 23.2 Å². The van der Waals surface area contributed by atoms with Gasteiger partial charge in [0.15, 0.2) is 0 Å². The van der Waals surface area contributed by atoms with E-state index in [2.05, 4.69) is 10.6 Å². The molecular formula is C22H25Cl2N3O3. The van der Waals surface area contributed by atoms with E-state index < -0.39 is 5.54 Å². The van der Waals surface area contributed by atoms with Crippen molar-refractivity contribution in [2.45, 2.75) is 25.0 Å². The lowest BCUT2D eigenvalue weighted by Crippen LogP contribution is -2.61. The normalized spacial score (nSPS) is 18.1. The van der Waals surface area contributed by atoms with Crippen molar-refractivity contribution >= 4 is 35.0 Å². The van der Waals surface area contributed by atoms with Crippen LogP contribution in [0.3, 0.4) is 0 Å². The number of ether oxygens (including phenoxy) is 1. The zero-order valence-corrected chi connectivity index (χ0v) is 18.3. The van der Waals surface area contributed by atoms with E-state index in [4.69, 9.17) is 27.9 Å². The fourth-order valence-corrected chi connectivity index (χ4v) is 3.91. The molecule has 2 amide bonds. The van der Waals surface area contributed by atoms with Gasteiger partial charge in [0.2, 0.25) is 11.8 Å². The summed E-state index contributed by atoms with van der Waals surface area (Å²) in [6, 6.07) is 14.7. The maximum Gasteiger partial charge on any atom is 0.247 e. The molecule has 30 heavy (non-hydrogen) atoms. The lowest BCUT2D eigenvalue weighted by molar-refractivity contribution is -0.146. The zero-order chi connectivity index (χ0) is 21.6. The summed E-state index contributed by atoms with van der Waals surface area (Å²) < 4.78 is 5.17. The van der Waals surface area contributed by atoms with Gasteiger partial charge in [0, 0.05) is 24.7 Å². The minimum absolute atomic E-state index is 0.193. The van der Waals surface area contributed by atoms with Gasteiger partial charge in [-0.1, -0.05) is 35.9 Å². The van der Waals surface area contributed by atoms with Crippen LogP contribution in [-0.2, 0) is 22.7 Å². The number of carbonyl (C=O) groups is 2. The van der Waals surface area contributed by atoms with Crippen molar-refractivity contribution in [1.82, 2.24) is 15.5 Å². The Morgan fingerprint density at radius 2 is 1.80 bits per heavy atom. The monoisotopic (exact) mass is 449 g/mol. The fourth-order valence-electron chi connectivity index (χ4n) is 3.64. The van der Waals surface area contributed by atoms with Crippen LogP contribution < -0.4 is 15.4 Å². The number of halogens is 2.